The van der Waals surface area contributed by atoms with Gasteiger partial charge in [0, 0.05) is 11.4 Å². The Hall–Kier alpha value is -0.0900. The molecule has 0 amide bonds. The summed E-state index contributed by atoms with van der Waals surface area (Å²) in [6.07, 6.45) is 0. The quantitative estimate of drug-likeness (QED) is 0.810. The van der Waals surface area contributed by atoms with Crippen LogP contribution in [0.1, 0.15) is 4.88 Å². The Bertz CT molecular complexity index is 259. The average Bonchev–Trinajstić information content (AvgIpc) is 2.33. The Balaban J connectivity index is 1.82. The molecule has 4 heteroatoms. The van der Waals surface area contributed by atoms with Gasteiger partial charge in [0.25, 0.3) is 0 Å². The van der Waals surface area contributed by atoms with Crippen LogP contribution in [-0.4, -0.2) is 19.3 Å². The second-order valence-electron chi connectivity index (χ2n) is 2.81. The van der Waals surface area contributed by atoms with Gasteiger partial charge in [0.2, 0.25) is 0 Å². The van der Waals surface area contributed by atoms with Crippen LogP contribution < -0.4 is 5.32 Å². The number of thiophene rings is 1. The fraction of sp³-hybridized carbons (Fsp3) is 0.500. The summed E-state index contributed by atoms with van der Waals surface area (Å²) in [7, 11) is 0. The van der Waals surface area contributed by atoms with Gasteiger partial charge >= 0.3 is 0 Å². The van der Waals surface area contributed by atoms with Crippen LogP contribution in [0.3, 0.4) is 0 Å². The molecule has 66 valence electrons. The lowest BCUT2D eigenvalue weighted by atomic mass is 10.2. The number of rotatable bonds is 3. The SMILES string of the molecule is Clc1ccsc1CNC1COC1. The summed E-state index contributed by atoms with van der Waals surface area (Å²) in [4.78, 5) is 1.21. The molecule has 1 aromatic rings. The maximum atomic E-state index is 5.92. The molecule has 0 unspecified atom stereocenters. The Morgan fingerprint density at radius 3 is 3.00 bits per heavy atom. The Kier molecular flexibility index (Phi) is 2.66. The molecule has 2 nitrogen and oxygen atoms in total. The Morgan fingerprint density at radius 2 is 2.50 bits per heavy atom. The molecule has 1 saturated heterocycles. The van der Waals surface area contributed by atoms with Crippen molar-refractivity contribution < 1.29 is 4.74 Å². The molecule has 0 aromatic carbocycles. The third-order valence-corrected chi connectivity index (χ3v) is 3.27. The van der Waals surface area contributed by atoms with Crippen molar-refractivity contribution in [1.29, 1.82) is 0 Å². The lowest BCUT2D eigenvalue weighted by Crippen LogP contribution is -2.45. The summed E-state index contributed by atoms with van der Waals surface area (Å²) in [5.41, 5.74) is 0. The summed E-state index contributed by atoms with van der Waals surface area (Å²) >= 11 is 7.61. The van der Waals surface area contributed by atoms with Crippen molar-refractivity contribution in [2.75, 3.05) is 13.2 Å². The maximum Gasteiger partial charge on any atom is 0.0643 e. The molecule has 0 radical (unpaired) electrons. The predicted octanol–water partition coefficient (Wildman–Crippen LogP) is 1.89. The van der Waals surface area contributed by atoms with Crippen LogP contribution in [0.15, 0.2) is 11.4 Å². The molecule has 1 aliphatic heterocycles. The van der Waals surface area contributed by atoms with E-state index in [0.29, 0.717) is 6.04 Å². The minimum atomic E-state index is 0.531. The molecule has 1 N–H and O–H groups in total. The van der Waals surface area contributed by atoms with E-state index in [1.165, 1.54) is 4.88 Å². The summed E-state index contributed by atoms with van der Waals surface area (Å²) in [5, 5.41) is 6.24. The summed E-state index contributed by atoms with van der Waals surface area (Å²) < 4.78 is 5.04. The second-order valence-corrected chi connectivity index (χ2v) is 4.21. The highest BCUT2D eigenvalue weighted by atomic mass is 35.5. The minimum absolute atomic E-state index is 0.531. The summed E-state index contributed by atoms with van der Waals surface area (Å²) in [6.45, 7) is 2.54. The first-order valence-corrected chi connectivity index (χ1v) is 5.15. The molecule has 2 rings (SSSR count). The third-order valence-electron chi connectivity index (χ3n) is 1.88. The fourth-order valence-electron chi connectivity index (χ4n) is 1.04. The van der Waals surface area contributed by atoms with E-state index < -0.39 is 0 Å². The molecule has 1 fully saturated rings. The molecular formula is C8H10ClNOS. The molecule has 0 bridgehead atoms. The van der Waals surface area contributed by atoms with Crippen LogP contribution in [0.2, 0.25) is 5.02 Å². The lowest BCUT2D eigenvalue weighted by molar-refractivity contribution is -0.00567. The number of hydrogen-bond acceptors (Lipinski definition) is 3. The molecule has 0 aliphatic carbocycles. The van der Waals surface area contributed by atoms with Gasteiger partial charge in [-0.05, 0) is 11.4 Å². The van der Waals surface area contributed by atoms with Crippen molar-refractivity contribution in [2.24, 2.45) is 0 Å². The Morgan fingerprint density at radius 1 is 1.67 bits per heavy atom. The fourth-order valence-corrected chi connectivity index (χ4v) is 2.10. The Labute approximate surface area is 80.5 Å². The van der Waals surface area contributed by atoms with Gasteiger partial charge in [-0.25, -0.2) is 0 Å². The van der Waals surface area contributed by atoms with Gasteiger partial charge in [-0.2, -0.15) is 0 Å². The lowest BCUT2D eigenvalue weighted by Gasteiger charge is -2.26. The highest BCUT2D eigenvalue weighted by Crippen LogP contribution is 2.21. The normalized spacial score (nSPS) is 17.8. The zero-order valence-corrected chi connectivity index (χ0v) is 8.12. The molecule has 1 aliphatic rings. The monoisotopic (exact) mass is 203 g/mol. The standard InChI is InChI=1S/C8H10ClNOS/c9-7-1-2-12-8(7)3-10-6-4-11-5-6/h1-2,6,10H,3-5H2. The zero-order chi connectivity index (χ0) is 8.39. The number of hydrogen-bond donors (Lipinski definition) is 1. The van der Waals surface area contributed by atoms with Crippen LogP contribution in [0.25, 0.3) is 0 Å². The molecule has 0 atom stereocenters. The summed E-state index contributed by atoms with van der Waals surface area (Å²) in [5.74, 6) is 0. The molecule has 2 heterocycles. The van der Waals surface area contributed by atoms with E-state index >= 15 is 0 Å². The van der Waals surface area contributed by atoms with Gasteiger partial charge in [0.15, 0.2) is 0 Å². The topological polar surface area (TPSA) is 21.3 Å². The predicted molar refractivity (Wildman–Crippen MR) is 50.8 cm³/mol. The number of halogens is 1. The molecule has 1 aromatic heterocycles. The maximum absolute atomic E-state index is 5.92. The van der Waals surface area contributed by atoms with Gasteiger partial charge in [0.05, 0.1) is 24.3 Å². The van der Waals surface area contributed by atoms with Gasteiger partial charge in [-0.1, -0.05) is 11.6 Å². The number of nitrogens with one attached hydrogen (secondary N) is 1. The molecule has 0 saturated carbocycles. The van der Waals surface area contributed by atoms with E-state index in [4.69, 9.17) is 16.3 Å². The van der Waals surface area contributed by atoms with Crippen LogP contribution >= 0.6 is 22.9 Å². The first-order valence-electron chi connectivity index (χ1n) is 3.89. The van der Waals surface area contributed by atoms with E-state index in [9.17, 15) is 0 Å². The van der Waals surface area contributed by atoms with Crippen LogP contribution in [0.4, 0.5) is 0 Å². The van der Waals surface area contributed by atoms with Crippen LogP contribution in [0, 0.1) is 0 Å². The van der Waals surface area contributed by atoms with Crippen LogP contribution in [-0.2, 0) is 11.3 Å². The highest BCUT2D eigenvalue weighted by Gasteiger charge is 2.17. The molecule has 0 spiro atoms. The van der Waals surface area contributed by atoms with Crippen molar-refractivity contribution in [1.82, 2.24) is 5.32 Å². The van der Waals surface area contributed by atoms with E-state index in [1.54, 1.807) is 11.3 Å². The highest BCUT2D eigenvalue weighted by molar-refractivity contribution is 7.10. The van der Waals surface area contributed by atoms with Crippen molar-refractivity contribution >= 4 is 22.9 Å². The van der Waals surface area contributed by atoms with E-state index in [2.05, 4.69) is 5.32 Å². The van der Waals surface area contributed by atoms with E-state index in [0.717, 1.165) is 24.8 Å². The van der Waals surface area contributed by atoms with Crippen molar-refractivity contribution in [2.45, 2.75) is 12.6 Å². The second kappa shape index (κ2) is 3.75. The van der Waals surface area contributed by atoms with Gasteiger partial charge in [-0.3, -0.25) is 0 Å². The van der Waals surface area contributed by atoms with Crippen LogP contribution in [0.5, 0.6) is 0 Å². The van der Waals surface area contributed by atoms with E-state index in [-0.39, 0.29) is 0 Å². The molecule has 12 heavy (non-hydrogen) atoms. The smallest absolute Gasteiger partial charge is 0.0643 e. The average molecular weight is 204 g/mol. The van der Waals surface area contributed by atoms with Gasteiger partial charge < -0.3 is 10.1 Å². The van der Waals surface area contributed by atoms with Gasteiger partial charge in [-0.15, -0.1) is 11.3 Å². The van der Waals surface area contributed by atoms with Gasteiger partial charge in [0.1, 0.15) is 0 Å². The first-order chi connectivity index (χ1) is 5.86. The third kappa shape index (κ3) is 1.80. The summed E-state index contributed by atoms with van der Waals surface area (Å²) in [6, 6.07) is 2.46. The first kappa shape index (κ1) is 8.51. The van der Waals surface area contributed by atoms with Crippen molar-refractivity contribution in [3.63, 3.8) is 0 Å². The van der Waals surface area contributed by atoms with Crippen molar-refractivity contribution in [3.8, 4) is 0 Å². The zero-order valence-electron chi connectivity index (χ0n) is 6.55. The molecular weight excluding hydrogens is 194 g/mol. The largest absolute Gasteiger partial charge is 0.378 e. The van der Waals surface area contributed by atoms with E-state index in [1.807, 2.05) is 11.4 Å². The minimum Gasteiger partial charge on any atom is -0.378 e. The number of ether oxygens (including phenoxy) is 1. The van der Waals surface area contributed by atoms with Crippen molar-refractivity contribution in [3.05, 3.63) is 21.3 Å².